The van der Waals surface area contributed by atoms with E-state index < -0.39 is 21.5 Å². The number of aliphatic hydroxyl groups is 1. The number of carbonyl (C=O) groups excluding carboxylic acids is 1. The van der Waals surface area contributed by atoms with Crippen molar-refractivity contribution in [3.63, 3.8) is 0 Å². The van der Waals surface area contributed by atoms with Gasteiger partial charge in [-0.05, 0) is 140 Å². The third-order valence-corrected chi connectivity index (χ3v) is 17.1. The van der Waals surface area contributed by atoms with Crippen molar-refractivity contribution in [1.29, 1.82) is 0 Å². The summed E-state index contributed by atoms with van der Waals surface area (Å²) < 4.78 is 54.4. The number of nitrogens with zero attached hydrogens (tertiary/aromatic N) is 4. The van der Waals surface area contributed by atoms with Gasteiger partial charge in [0.2, 0.25) is 0 Å². The highest BCUT2D eigenvalue weighted by Gasteiger charge is 2.49. The van der Waals surface area contributed by atoms with Crippen LogP contribution in [0.3, 0.4) is 0 Å². The molecule has 1 amide bonds. The Hall–Kier alpha value is -5.59. The largest absolute Gasteiger partial charge is 0.472 e. The van der Waals surface area contributed by atoms with Crippen molar-refractivity contribution in [3.8, 4) is 17.4 Å². The number of benzene rings is 3. The number of rotatable bonds is 16. The molecule has 10 rings (SSSR count). The molecule has 5 aliphatic rings. The van der Waals surface area contributed by atoms with E-state index >= 15 is 0 Å². The lowest BCUT2D eigenvalue weighted by atomic mass is 9.70. The van der Waals surface area contributed by atoms with Gasteiger partial charge in [-0.2, -0.15) is 4.98 Å². The van der Waals surface area contributed by atoms with Gasteiger partial charge in [0.25, 0.3) is 21.8 Å². The summed E-state index contributed by atoms with van der Waals surface area (Å²) in [6.45, 7) is 12.2. The summed E-state index contributed by atoms with van der Waals surface area (Å²) in [6, 6.07) is 22.4. The van der Waals surface area contributed by atoms with Crippen LogP contribution in [0.2, 0.25) is 0 Å². The number of likely N-dealkylation sites (tertiary alicyclic amines) is 1. The van der Waals surface area contributed by atoms with Crippen molar-refractivity contribution in [2.45, 2.75) is 113 Å². The summed E-state index contributed by atoms with van der Waals surface area (Å²) >= 11 is 0. The van der Waals surface area contributed by atoms with Crippen molar-refractivity contribution < 1.29 is 37.3 Å². The lowest BCUT2D eigenvalue weighted by Crippen LogP contribution is -2.63. The molecule has 5 fully saturated rings. The number of ether oxygens (including phenoxy) is 4. The van der Waals surface area contributed by atoms with Crippen LogP contribution >= 0.6 is 0 Å². The number of nitrogens with one attached hydrogen (secondary N) is 3. The summed E-state index contributed by atoms with van der Waals surface area (Å²) in [5.74, 6) is 0.892. The molecule has 3 aliphatic heterocycles. The molecule has 5 heterocycles. The third kappa shape index (κ3) is 10.8. The molecule has 2 aliphatic carbocycles. The highest BCUT2D eigenvalue weighted by atomic mass is 32.2. The molecule has 5 aromatic rings. The number of aromatic amines is 1. The molecular formula is C54H67N7O9S. The van der Waals surface area contributed by atoms with Crippen LogP contribution in [0.15, 0.2) is 89.1 Å². The van der Waals surface area contributed by atoms with E-state index in [-0.39, 0.29) is 57.6 Å². The molecule has 378 valence electrons. The first-order valence-corrected chi connectivity index (χ1v) is 26.9. The zero-order chi connectivity index (χ0) is 49.3. The van der Waals surface area contributed by atoms with Crippen molar-refractivity contribution >= 4 is 44.0 Å². The van der Waals surface area contributed by atoms with Gasteiger partial charge in [-0.15, -0.1) is 4.91 Å². The standard InChI is InChI=1S/C54H67N7O9S/c1-35(2)41-7-4-5-8-42(41)43-9-6-10-47(43)61-33-54(34-61)20-23-60(24-21-54)38-11-13-44(48(28-38)70-49-27-37-17-22-55-50(37)57-52(49)69-32-39-31-67-25-26-68-39)51(62)59-71(65,66)40-12-14-45(46(29-40)58-64)56-30-36-15-18-53(3,63)19-16-36/h4-5,7-8,11-14,17,22,27-29,35-36,39,43,47,56,63H,6,9-10,15-16,18-21,23-26,30-34H2,1-3H3,(H,55,57)(H,59,62)/t36?,39-,43-,47-,53?/m0/s1. The number of sulfonamides is 1. The lowest BCUT2D eigenvalue weighted by molar-refractivity contribution is -0.102. The number of hydrogen-bond acceptors (Lipinski definition) is 14. The minimum absolute atomic E-state index is 0.0341. The SMILES string of the molecule is CC(C)c1ccccc1[C@@H]1CCC[C@@H]1N1CC2(CCN(c3ccc(C(=O)NS(=O)(=O)c4ccc(NCC5CCC(C)(O)CC5)c(N=O)c4)c(Oc4cc5cc[nH]c5nc4OC[C@@H]4COCCO4)c3)CC2)C1. The number of fused-ring (bicyclic) bond motifs is 1. The van der Waals surface area contributed by atoms with Crippen LogP contribution in [0.25, 0.3) is 11.0 Å². The van der Waals surface area contributed by atoms with Crippen LogP contribution < -0.4 is 24.4 Å². The number of anilines is 2. The van der Waals surface area contributed by atoms with Gasteiger partial charge in [0.15, 0.2) is 5.75 Å². The summed E-state index contributed by atoms with van der Waals surface area (Å²) in [5, 5.41) is 17.5. The molecule has 3 atom stereocenters. The first kappa shape index (κ1) is 49.0. The molecule has 3 saturated heterocycles. The molecule has 0 bridgehead atoms. The van der Waals surface area contributed by atoms with Crippen LogP contribution in [0.5, 0.6) is 17.4 Å². The van der Waals surface area contributed by atoms with E-state index in [1.165, 1.54) is 42.5 Å². The average Bonchev–Trinajstić information content (AvgIpc) is 4.05. The maximum Gasteiger partial charge on any atom is 0.268 e. The second kappa shape index (κ2) is 20.5. The maximum absolute atomic E-state index is 14.3. The Labute approximate surface area is 416 Å². The molecular weight excluding hydrogens is 923 g/mol. The molecule has 1 spiro atoms. The van der Waals surface area contributed by atoms with E-state index in [1.807, 2.05) is 19.1 Å². The van der Waals surface area contributed by atoms with Crippen LogP contribution in [0.1, 0.15) is 112 Å². The number of H-pyrrole nitrogens is 1. The van der Waals surface area contributed by atoms with E-state index in [4.69, 9.17) is 23.9 Å². The first-order valence-electron chi connectivity index (χ1n) is 25.5. The second-order valence-corrected chi connectivity index (χ2v) is 22.9. The van der Waals surface area contributed by atoms with Gasteiger partial charge in [0, 0.05) is 62.1 Å². The molecule has 2 aromatic heterocycles. The minimum Gasteiger partial charge on any atom is -0.472 e. The van der Waals surface area contributed by atoms with E-state index in [2.05, 4.69) is 68.1 Å². The van der Waals surface area contributed by atoms with Crippen molar-refractivity contribution in [2.24, 2.45) is 16.5 Å². The Bertz CT molecular complexity index is 2820. The van der Waals surface area contributed by atoms with Crippen LogP contribution in [0, 0.1) is 16.2 Å². The lowest BCUT2D eigenvalue weighted by Gasteiger charge is -2.57. The predicted molar refractivity (Wildman–Crippen MR) is 273 cm³/mol. The monoisotopic (exact) mass is 989 g/mol. The Morgan fingerprint density at radius 3 is 2.54 bits per heavy atom. The summed E-state index contributed by atoms with van der Waals surface area (Å²) in [5.41, 5.74) is 4.22. The molecule has 0 unspecified atom stereocenters. The molecule has 16 nitrogen and oxygen atoms in total. The van der Waals surface area contributed by atoms with Crippen LogP contribution in [-0.2, 0) is 19.5 Å². The first-order chi connectivity index (χ1) is 34.2. The second-order valence-electron chi connectivity index (χ2n) is 21.2. The smallest absolute Gasteiger partial charge is 0.268 e. The van der Waals surface area contributed by atoms with Gasteiger partial charge in [0.05, 0.1) is 41.6 Å². The number of nitroso groups, excluding NO2 is 1. The van der Waals surface area contributed by atoms with Gasteiger partial charge in [0.1, 0.15) is 29.8 Å². The van der Waals surface area contributed by atoms with Gasteiger partial charge in [-0.25, -0.2) is 13.1 Å². The van der Waals surface area contributed by atoms with E-state index in [9.17, 15) is 23.2 Å². The fourth-order valence-corrected chi connectivity index (χ4v) is 12.6. The van der Waals surface area contributed by atoms with E-state index in [0.29, 0.717) is 68.4 Å². The quantitative estimate of drug-likeness (QED) is 0.0683. The third-order valence-electron chi connectivity index (χ3n) is 15.8. The van der Waals surface area contributed by atoms with Crippen molar-refractivity contribution in [1.82, 2.24) is 19.6 Å². The van der Waals surface area contributed by atoms with E-state index in [1.54, 1.807) is 24.4 Å². The molecule has 17 heteroatoms. The van der Waals surface area contributed by atoms with E-state index in [0.717, 1.165) is 69.0 Å². The topological polar surface area (TPSA) is 197 Å². The van der Waals surface area contributed by atoms with Crippen LogP contribution in [0.4, 0.5) is 17.1 Å². The molecule has 2 saturated carbocycles. The zero-order valence-electron chi connectivity index (χ0n) is 41.0. The Balaban J connectivity index is 0.873. The Kier molecular flexibility index (Phi) is 14.1. The highest BCUT2D eigenvalue weighted by Crippen LogP contribution is 2.49. The van der Waals surface area contributed by atoms with Gasteiger partial charge < -0.3 is 39.3 Å². The number of pyridine rings is 1. The highest BCUT2D eigenvalue weighted by molar-refractivity contribution is 7.90. The number of carbonyl (C=O) groups is 1. The van der Waals surface area contributed by atoms with Crippen molar-refractivity contribution in [2.75, 3.05) is 69.4 Å². The molecule has 0 radical (unpaired) electrons. The Morgan fingerprint density at radius 1 is 0.972 bits per heavy atom. The van der Waals surface area contributed by atoms with Crippen molar-refractivity contribution in [3.05, 3.63) is 101 Å². The summed E-state index contributed by atoms with van der Waals surface area (Å²) in [6.07, 6.45) is 10.2. The predicted octanol–water partition coefficient (Wildman–Crippen LogP) is 9.38. The Morgan fingerprint density at radius 2 is 1.77 bits per heavy atom. The van der Waals surface area contributed by atoms with Gasteiger partial charge in [-0.1, -0.05) is 44.5 Å². The number of hydrogen-bond donors (Lipinski definition) is 4. The normalized spacial score (nSPS) is 24.7. The minimum atomic E-state index is -4.51. The number of amides is 1. The van der Waals surface area contributed by atoms with Crippen LogP contribution in [-0.4, -0.2) is 111 Å². The number of aromatic nitrogens is 2. The summed E-state index contributed by atoms with van der Waals surface area (Å²) in [4.78, 5) is 38.9. The maximum atomic E-state index is 14.3. The molecule has 4 N–H and O–H groups in total. The van der Waals surface area contributed by atoms with Gasteiger partial charge in [-0.3, -0.25) is 9.69 Å². The molecule has 71 heavy (non-hydrogen) atoms. The zero-order valence-corrected chi connectivity index (χ0v) is 41.8. The summed E-state index contributed by atoms with van der Waals surface area (Å²) in [7, 11) is -4.51. The fourth-order valence-electron chi connectivity index (χ4n) is 11.6. The van der Waals surface area contributed by atoms with Gasteiger partial charge >= 0.3 is 0 Å². The molecule has 3 aromatic carbocycles. The average molecular weight is 990 g/mol. The number of piperidine rings is 1. The fraction of sp³-hybridized carbons (Fsp3) is 0.519.